The molecule has 2 aromatic rings. The van der Waals surface area contributed by atoms with Crippen LogP contribution in [0.1, 0.15) is 16.1 Å². The van der Waals surface area contributed by atoms with Gasteiger partial charge in [0, 0.05) is 0 Å². The van der Waals surface area contributed by atoms with E-state index < -0.39 is 5.91 Å². The standard InChI is InChI=1S/C12H11ClN4O2/c1-6-9(18)10(17-12(14)15-6)16-11(19)7-4-2-3-5-8(7)13/h2-5,18H,1H3,(H3,14,15,16,17,19). The summed E-state index contributed by atoms with van der Waals surface area (Å²) in [5, 5.41) is 12.5. The van der Waals surface area contributed by atoms with Gasteiger partial charge >= 0.3 is 0 Å². The van der Waals surface area contributed by atoms with Crippen LogP contribution in [0.15, 0.2) is 24.3 Å². The maximum absolute atomic E-state index is 12.0. The van der Waals surface area contributed by atoms with Crippen molar-refractivity contribution in [3.63, 3.8) is 0 Å². The molecule has 0 unspecified atom stereocenters. The van der Waals surface area contributed by atoms with Crippen molar-refractivity contribution < 1.29 is 9.90 Å². The molecule has 0 spiro atoms. The number of aryl methyl sites for hydroxylation is 1. The molecule has 1 heterocycles. The number of hydrogen-bond donors (Lipinski definition) is 3. The van der Waals surface area contributed by atoms with Crippen LogP contribution in [0.4, 0.5) is 11.8 Å². The second kappa shape index (κ2) is 5.11. The van der Waals surface area contributed by atoms with Crippen LogP contribution >= 0.6 is 11.6 Å². The number of nitrogens with two attached hydrogens (primary N) is 1. The van der Waals surface area contributed by atoms with E-state index in [9.17, 15) is 9.90 Å². The molecule has 1 aromatic carbocycles. The van der Waals surface area contributed by atoms with E-state index in [1.54, 1.807) is 31.2 Å². The molecule has 0 aliphatic rings. The minimum absolute atomic E-state index is 0.0373. The van der Waals surface area contributed by atoms with Crippen molar-refractivity contribution in [3.8, 4) is 5.75 Å². The van der Waals surface area contributed by atoms with E-state index in [-0.39, 0.29) is 28.8 Å². The maximum Gasteiger partial charge on any atom is 0.258 e. The number of hydrogen-bond acceptors (Lipinski definition) is 5. The summed E-state index contributed by atoms with van der Waals surface area (Å²) in [6.07, 6.45) is 0. The highest BCUT2D eigenvalue weighted by Gasteiger charge is 2.15. The van der Waals surface area contributed by atoms with Crippen LogP contribution < -0.4 is 11.1 Å². The Morgan fingerprint density at radius 2 is 2.05 bits per heavy atom. The van der Waals surface area contributed by atoms with Gasteiger partial charge in [-0.25, -0.2) is 4.98 Å². The molecule has 4 N–H and O–H groups in total. The van der Waals surface area contributed by atoms with Gasteiger partial charge < -0.3 is 16.2 Å². The number of carbonyl (C=O) groups excluding carboxylic acids is 1. The molecular weight excluding hydrogens is 268 g/mol. The van der Waals surface area contributed by atoms with Gasteiger partial charge in [0.05, 0.1) is 16.3 Å². The molecule has 7 heteroatoms. The molecule has 0 saturated carbocycles. The molecule has 0 aliphatic carbocycles. The van der Waals surface area contributed by atoms with E-state index in [1.807, 2.05) is 0 Å². The number of nitrogens with one attached hydrogen (secondary N) is 1. The lowest BCUT2D eigenvalue weighted by Crippen LogP contribution is -2.15. The van der Waals surface area contributed by atoms with Crippen molar-refractivity contribution in [3.05, 3.63) is 40.5 Å². The lowest BCUT2D eigenvalue weighted by molar-refractivity contribution is 0.102. The first kappa shape index (κ1) is 13.1. The van der Waals surface area contributed by atoms with Crippen LogP contribution in [0, 0.1) is 6.92 Å². The minimum atomic E-state index is -0.488. The van der Waals surface area contributed by atoms with E-state index >= 15 is 0 Å². The molecule has 19 heavy (non-hydrogen) atoms. The molecule has 0 bridgehead atoms. The number of aromatic hydroxyl groups is 1. The fourth-order valence-corrected chi connectivity index (χ4v) is 1.72. The van der Waals surface area contributed by atoms with Crippen molar-refractivity contribution in [2.45, 2.75) is 6.92 Å². The third-order valence-corrected chi connectivity index (χ3v) is 2.76. The smallest absolute Gasteiger partial charge is 0.258 e. The largest absolute Gasteiger partial charge is 0.503 e. The van der Waals surface area contributed by atoms with Crippen LogP contribution in [-0.2, 0) is 0 Å². The highest BCUT2D eigenvalue weighted by molar-refractivity contribution is 6.34. The number of halogens is 1. The number of carbonyl (C=O) groups is 1. The van der Waals surface area contributed by atoms with Crippen LogP contribution in [0.2, 0.25) is 5.02 Å². The van der Waals surface area contributed by atoms with Gasteiger partial charge in [-0.3, -0.25) is 4.79 Å². The second-order valence-electron chi connectivity index (χ2n) is 3.80. The Balaban J connectivity index is 2.32. The average Bonchev–Trinajstić information content (AvgIpc) is 2.35. The van der Waals surface area contributed by atoms with Gasteiger partial charge in [0.2, 0.25) is 5.95 Å². The molecule has 0 saturated heterocycles. The van der Waals surface area contributed by atoms with E-state index in [1.165, 1.54) is 0 Å². The van der Waals surface area contributed by atoms with Crippen LogP contribution in [0.5, 0.6) is 5.75 Å². The molecule has 0 aliphatic heterocycles. The predicted molar refractivity (Wildman–Crippen MR) is 72.3 cm³/mol. The maximum atomic E-state index is 12.0. The third-order valence-electron chi connectivity index (χ3n) is 2.43. The Morgan fingerprint density at radius 1 is 1.37 bits per heavy atom. The molecule has 6 nitrogen and oxygen atoms in total. The Hall–Kier alpha value is -2.34. The van der Waals surface area contributed by atoms with Crippen molar-refractivity contribution in [2.24, 2.45) is 0 Å². The number of benzene rings is 1. The van der Waals surface area contributed by atoms with Crippen LogP contribution in [0.25, 0.3) is 0 Å². The fourth-order valence-electron chi connectivity index (χ4n) is 1.50. The lowest BCUT2D eigenvalue weighted by atomic mass is 10.2. The van der Waals surface area contributed by atoms with Gasteiger partial charge in [0.25, 0.3) is 5.91 Å². The Labute approximate surface area is 114 Å². The van der Waals surface area contributed by atoms with Crippen molar-refractivity contribution in [1.29, 1.82) is 0 Å². The van der Waals surface area contributed by atoms with Gasteiger partial charge in [0.15, 0.2) is 11.6 Å². The molecule has 98 valence electrons. The number of aromatic nitrogens is 2. The zero-order valence-electron chi connectivity index (χ0n) is 10.0. The Morgan fingerprint density at radius 3 is 2.74 bits per heavy atom. The minimum Gasteiger partial charge on any atom is -0.503 e. The third kappa shape index (κ3) is 2.74. The van der Waals surface area contributed by atoms with E-state index in [0.717, 1.165) is 0 Å². The normalized spacial score (nSPS) is 10.2. The first-order chi connectivity index (χ1) is 8.99. The van der Waals surface area contributed by atoms with Crippen molar-refractivity contribution >= 4 is 29.3 Å². The number of rotatable bonds is 2. The molecular formula is C12H11ClN4O2. The fraction of sp³-hybridized carbons (Fsp3) is 0.0833. The molecule has 1 aromatic heterocycles. The molecule has 2 rings (SSSR count). The lowest BCUT2D eigenvalue weighted by Gasteiger charge is -2.09. The number of amides is 1. The Kier molecular flexibility index (Phi) is 3.52. The van der Waals surface area contributed by atoms with Gasteiger partial charge in [-0.2, -0.15) is 4.98 Å². The van der Waals surface area contributed by atoms with Gasteiger partial charge in [-0.1, -0.05) is 23.7 Å². The summed E-state index contributed by atoms with van der Waals surface area (Å²) in [6.45, 7) is 1.55. The Bertz CT molecular complexity index is 646. The van der Waals surface area contributed by atoms with Crippen molar-refractivity contribution in [1.82, 2.24) is 9.97 Å². The highest BCUT2D eigenvalue weighted by atomic mass is 35.5. The molecule has 0 radical (unpaired) electrons. The van der Waals surface area contributed by atoms with E-state index in [4.69, 9.17) is 17.3 Å². The van der Waals surface area contributed by atoms with Crippen LogP contribution in [0.3, 0.4) is 0 Å². The van der Waals surface area contributed by atoms with E-state index in [2.05, 4.69) is 15.3 Å². The van der Waals surface area contributed by atoms with Gasteiger partial charge in [-0.15, -0.1) is 0 Å². The summed E-state index contributed by atoms with van der Waals surface area (Å²) >= 11 is 5.91. The molecule has 0 atom stereocenters. The topological polar surface area (TPSA) is 101 Å². The highest BCUT2D eigenvalue weighted by Crippen LogP contribution is 2.25. The average molecular weight is 279 g/mol. The number of nitrogens with zero attached hydrogens (tertiary/aromatic N) is 2. The predicted octanol–water partition coefficient (Wildman–Crippen LogP) is 1.98. The summed E-state index contributed by atoms with van der Waals surface area (Å²) < 4.78 is 0. The summed E-state index contributed by atoms with van der Waals surface area (Å²) in [5.74, 6) is -0.798. The number of nitrogen functional groups attached to an aromatic ring is 1. The number of anilines is 2. The first-order valence-electron chi connectivity index (χ1n) is 5.38. The summed E-state index contributed by atoms with van der Waals surface area (Å²) in [5.41, 5.74) is 6.02. The van der Waals surface area contributed by atoms with Gasteiger partial charge in [-0.05, 0) is 19.1 Å². The summed E-state index contributed by atoms with van der Waals surface area (Å²) in [7, 11) is 0. The van der Waals surface area contributed by atoms with Crippen LogP contribution in [-0.4, -0.2) is 21.0 Å². The SMILES string of the molecule is Cc1nc(N)nc(NC(=O)c2ccccc2Cl)c1O. The monoisotopic (exact) mass is 278 g/mol. The van der Waals surface area contributed by atoms with Gasteiger partial charge in [0.1, 0.15) is 0 Å². The summed E-state index contributed by atoms with van der Waals surface area (Å²) in [6, 6.07) is 6.55. The zero-order chi connectivity index (χ0) is 14.0. The van der Waals surface area contributed by atoms with E-state index in [0.29, 0.717) is 5.02 Å². The zero-order valence-corrected chi connectivity index (χ0v) is 10.8. The first-order valence-corrected chi connectivity index (χ1v) is 5.76. The molecule has 1 amide bonds. The summed E-state index contributed by atoms with van der Waals surface area (Å²) in [4.78, 5) is 19.5. The quantitative estimate of drug-likeness (QED) is 0.780. The van der Waals surface area contributed by atoms with Crippen molar-refractivity contribution in [2.75, 3.05) is 11.1 Å². The second-order valence-corrected chi connectivity index (χ2v) is 4.21. The molecule has 0 fully saturated rings.